The van der Waals surface area contributed by atoms with Crippen molar-refractivity contribution in [3.8, 4) is 0 Å². The third-order valence-electron chi connectivity index (χ3n) is 4.66. The standard InChI is InChI=1S/C20H40N2O4/c1-7-20(5,11-13-21-6)26-15-12-19(3,4)25-16-14-22-18(24)10-8-9-17(2)23/h21H,7-16H2,1-6H3,(H,22,24). The van der Waals surface area contributed by atoms with Crippen molar-refractivity contribution in [2.75, 3.05) is 33.4 Å². The van der Waals surface area contributed by atoms with E-state index in [1.54, 1.807) is 6.92 Å². The maximum absolute atomic E-state index is 11.6. The number of nitrogens with one attached hydrogen (secondary N) is 2. The Balaban J connectivity index is 3.93. The second-order valence-electron chi connectivity index (χ2n) is 7.77. The van der Waals surface area contributed by atoms with E-state index in [4.69, 9.17) is 9.47 Å². The van der Waals surface area contributed by atoms with Crippen LogP contribution in [0, 0.1) is 0 Å². The van der Waals surface area contributed by atoms with Gasteiger partial charge < -0.3 is 24.9 Å². The molecule has 1 atom stereocenters. The first kappa shape index (κ1) is 25.0. The van der Waals surface area contributed by atoms with Crippen molar-refractivity contribution in [3.05, 3.63) is 0 Å². The lowest BCUT2D eigenvalue weighted by molar-refractivity contribution is -0.122. The molecule has 154 valence electrons. The van der Waals surface area contributed by atoms with Gasteiger partial charge in [0.25, 0.3) is 0 Å². The van der Waals surface area contributed by atoms with E-state index in [0.29, 0.717) is 39.0 Å². The molecule has 0 aromatic rings. The van der Waals surface area contributed by atoms with Crippen molar-refractivity contribution in [1.82, 2.24) is 10.6 Å². The lowest BCUT2D eigenvalue weighted by Crippen LogP contribution is -2.36. The summed E-state index contributed by atoms with van der Waals surface area (Å²) in [5.74, 6) is 0.0921. The Bertz CT molecular complexity index is 413. The molecule has 0 spiro atoms. The van der Waals surface area contributed by atoms with E-state index in [-0.39, 0.29) is 22.9 Å². The average Bonchev–Trinajstić information content (AvgIpc) is 2.56. The number of ketones is 1. The van der Waals surface area contributed by atoms with Gasteiger partial charge >= 0.3 is 0 Å². The first-order valence-electron chi connectivity index (χ1n) is 9.83. The molecule has 0 heterocycles. The molecule has 0 radical (unpaired) electrons. The molecule has 0 saturated carbocycles. The molecule has 0 saturated heterocycles. The number of hydrogen-bond donors (Lipinski definition) is 2. The minimum absolute atomic E-state index is 0.0285. The molecule has 0 aromatic heterocycles. The summed E-state index contributed by atoms with van der Waals surface area (Å²) in [7, 11) is 1.95. The van der Waals surface area contributed by atoms with Gasteiger partial charge in [-0.25, -0.2) is 0 Å². The Hall–Kier alpha value is -0.980. The normalized spacial score (nSPS) is 14.1. The average molecular weight is 373 g/mol. The van der Waals surface area contributed by atoms with Crippen LogP contribution < -0.4 is 10.6 Å². The smallest absolute Gasteiger partial charge is 0.220 e. The van der Waals surface area contributed by atoms with Crippen LogP contribution in [0.25, 0.3) is 0 Å². The molecule has 26 heavy (non-hydrogen) atoms. The van der Waals surface area contributed by atoms with Crippen LogP contribution in [0.3, 0.4) is 0 Å². The minimum atomic E-state index is -0.295. The number of hydrogen-bond acceptors (Lipinski definition) is 5. The molecule has 6 nitrogen and oxygen atoms in total. The number of amides is 1. The van der Waals surface area contributed by atoms with Gasteiger partial charge in [-0.05, 0) is 67.0 Å². The number of carbonyl (C=O) groups excluding carboxylic acids is 2. The second-order valence-corrected chi connectivity index (χ2v) is 7.77. The molecule has 0 bridgehead atoms. The van der Waals surface area contributed by atoms with Crippen LogP contribution in [0.4, 0.5) is 0 Å². The fourth-order valence-electron chi connectivity index (χ4n) is 2.46. The predicted octanol–water partition coefficient (Wildman–Crippen LogP) is 2.84. The monoisotopic (exact) mass is 372 g/mol. The zero-order valence-electron chi connectivity index (χ0n) is 17.7. The zero-order chi connectivity index (χ0) is 20.1. The fraction of sp³-hybridized carbons (Fsp3) is 0.900. The van der Waals surface area contributed by atoms with E-state index in [1.807, 2.05) is 20.9 Å². The summed E-state index contributed by atoms with van der Waals surface area (Å²) in [6.45, 7) is 12.5. The van der Waals surface area contributed by atoms with Crippen LogP contribution in [-0.2, 0) is 19.1 Å². The van der Waals surface area contributed by atoms with Gasteiger partial charge in [-0.1, -0.05) is 6.92 Å². The molecule has 0 aliphatic rings. The molecule has 0 rings (SSSR count). The van der Waals surface area contributed by atoms with E-state index in [2.05, 4.69) is 24.5 Å². The van der Waals surface area contributed by atoms with E-state index < -0.39 is 0 Å². The third kappa shape index (κ3) is 13.3. The lowest BCUT2D eigenvalue weighted by atomic mass is 9.98. The fourth-order valence-corrected chi connectivity index (χ4v) is 2.46. The van der Waals surface area contributed by atoms with Gasteiger partial charge in [0.1, 0.15) is 5.78 Å². The summed E-state index contributed by atoms with van der Waals surface area (Å²) < 4.78 is 12.0. The number of carbonyl (C=O) groups is 2. The van der Waals surface area contributed by atoms with Crippen molar-refractivity contribution in [1.29, 1.82) is 0 Å². The molecule has 0 aliphatic heterocycles. The maximum Gasteiger partial charge on any atom is 0.220 e. The minimum Gasteiger partial charge on any atom is -0.375 e. The molecule has 1 amide bonds. The van der Waals surface area contributed by atoms with Gasteiger partial charge in [0.05, 0.1) is 24.4 Å². The van der Waals surface area contributed by atoms with Crippen LogP contribution in [0.2, 0.25) is 0 Å². The van der Waals surface area contributed by atoms with Crippen molar-refractivity contribution in [2.45, 2.75) is 84.3 Å². The largest absolute Gasteiger partial charge is 0.375 e. The molecule has 6 heteroatoms. The van der Waals surface area contributed by atoms with Crippen LogP contribution >= 0.6 is 0 Å². The molecule has 2 N–H and O–H groups in total. The van der Waals surface area contributed by atoms with E-state index in [9.17, 15) is 9.59 Å². The van der Waals surface area contributed by atoms with Crippen LogP contribution in [0.5, 0.6) is 0 Å². The molecule has 1 unspecified atom stereocenters. The van der Waals surface area contributed by atoms with E-state index >= 15 is 0 Å². The first-order chi connectivity index (χ1) is 12.1. The first-order valence-corrected chi connectivity index (χ1v) is 9.83. The lowest BCUT2D eigenvalue weighted by Gasteiger charge is -2.31. The van der Waals surface area contributed by atoms with E-state index in [0.717, 1.165) is 25.8 Å². The summed E-state index contributed by atoms with van der Waals surface area (Å²) in [5.41, 5.74) is -0.399. The van der Waals surface area contributed by atoms with Gasteiger partial charge in [-0.15, -0.1) is 0 Å². The predicted molar refractivity (Wildman–Crippen MR) is 105 cm³/mol. The maximum atomic E-state index is 11.6. The van der Waals surface area contributed by atoms with Gasteiger partial charge in [0.2, 0.25) is 5.91 Å². The molecule has 0 aromatic carbocycles. The van der Waals surface area contributed by atoms with Crippen LogP contribution in [0.15, 0.2) is 0 Å². The van der Waals surface area contributed by atoms with Gasteiger partial charge in [0, 0.05) is 19.4 Å². The van der Waals surface area contributed by atoms with Gasteiger partial charge in [-0.3, -0.25) is 4.79 Å². The Labute approximate surface area is 159 Å². The summed E-state index contributed by atoms with van der Waals surface area (Å²) >= 11 is 0. The Morgan fingerprint density at radius 3 is 2.23 bits per heavy atom. The van der Waals surface area contributed by atoms with Gasteiger partial charge in [-0.2, -0.15) is 0 Å². The summed E-state index contributed by atoms with van der Waals surface area (Å²) in [4.78, 5) is 22.5. The highest BCUT2D eigenvalue weighted by Gasteiger charge is 2.24. The van der Waals surface area contributed by atoms with Crippen molar-refractivity contribution < 1.29 is 19.1 Å². The highest BCUT2D eigenvalue weighted by Crippen LogP contribution is 2.22. The highest BCUT2D eigenvalue weighted by atomic mass is 16.5. The Morgan fingerprint density at radius 1 is 0.962 bits per heavy atom. The molecule has 0 fully saturated rings. The third-order valence-corrected chi connectivity index (χ3v) is 4.66. The Kier molecular flexibility index (Phi) is 12.7. The highest BCUT2D eigenvalue weighted by molar-refractivity contribution is 5.78. The van der Waals surface area contributed by atoms with Gasteiger partial charge in [0.15, 0.2) is 0 Å². The summed E-state index contributed by atoms with van der Waals surface area (Å²) in [6.07, 6.45) is 4.22. The summed E-state index contributed by atoms with van der Waals surface area (Å²) in [5, 5.41) is 6.00. The second kappa shape index (κ2) is 13.2. The number of rotatable bonds is 16. The van der Waals surface area contributed by atoms with Crippen molar-refractivity contribution >= 4 is 11.7 Å². The number of Topliss-reactive ketones (excluding diaryl/α,β-unsaturated/α-hetero) is 1. The van der Waals surface area contributed by atoms with E-state index in [1.165, 1.54) is 0 Å². The van der Waals surface area contributed by atoms with Crippen LogP contribution in [-0.4, -0.2) is 56.2 Å². The van der Waals surface area contributed by atoms with Crippen LogP contribution in [0.1, 0.15) is 73.1 Å². The molecular formula is C20H40N2O4. The SMILES string of the molecule is CCC(C)(CCNC)OCCC(C)(C)OCCNC(=O)CCCC(C)=O. The molecular weight excluding hydrogens is 332 g/mol. The van der Waals surface area contributed by atoms with Crippen molar-refractivity contribution in [2.24, 2.45) is 0 Å². The molecule has 0 aliphatic carbocycles. The number of ether oxygens (including phenoxy) is 2. The quantitative estimate of drug-likeness (QED) is 0.408. The Morgan fingerprint density at radius 2 is 1.65 bits per heavy atom. The zero-order valence-corrected chi connectivity index (χ0v) is 17.7. The summed E-state index contributed by atoms with van der Waals surface area (Å²) in [6, 6.07) is 0. The van der Waals surface area contributed by atoms with Crippen molar-refractivity contribution in [3.63, 3.8) is 0 Å². The topological polar surface area (TPSA) is 76.7 Å².